The lowest BCUT2D eigenvalue weighted by atomic mass is 10.2. The summed E-state index contributed by atoms with van der Waals surface area (Å²) in [6.07, 6.45) is -2.37. The van der Waals surface area contributed by atoms with E-state index in [-0.39, 0.29) is 0 Å². The Morgan fingerprint density at radius 1 is 1.56 bits per heavy atom. The highest BCUT2D eigenvalue weighted by Crippen LogP contribution is 1.89. The van der Waals surface area contributed by atoms with Crippen LogP contribution in [0.2, 0.25) is 0 Å². The smallest absolute Gasteiger partial charge is 0.333 e. The van der Waals surface area contributed by atoms with Gasteiger partial charge >= 0.3 is 5.97 Å². The van der Waals surface area contributed by atoms with Crippen molar-refractivity contribution >= 4 is 11.9 Å². The third-order valence-corrected chi connectivity index (χ3v) is 0.664. The number of hydrogen-bond acceptors (Lipinski definition) is 3. The molecule has 1 radical (unpaired) electrons. The molecule has 0 heterocycles. The number of rotatable bonds is 3. The van der Waals surface area contributed by atoms with E-state index >= 15 is 0 Å². The SMILES string of the molecule is [NH]C(=O)CC(O)C(=O)O. The molecule has 0 rings (SSSR count). The maximum Gasteiger partial charge on any atom is 0.333 e. The van der Waals surface area contributed by atoms with Gasteiger partial charge in [0.2, 0.25) is 5.91 Å². The second-order valence-corrected chi connectivity index (χ2v) is 1.48. The van der Waals surface area contributed by atoms with Crippen LogP contribution in [0.15, 0.2) is 0 Å². The lowest BCUT2D eigenvalue weighted by Gasteiger charge is -1.98. The molecule has 51 valence electrons. The number of carbonyl (C=O) groups is 2. The topological polar surface area (TPSA) is 98.4 Å². The van der Waals surface area contributed by atoms with Crippen LogP contribution in [0.4, 0.5) is 0 Å². The number of nitrogens with one attached hydrogen (secondary N) is 1. The first-order valence-corrected chi connectivity index (χ1v) is 2.19. The molecule has 5 heteroatoms. The van der Waals surface area contributed by atoms with Crippen LogP contribution < -0.4 is 5.73 Å². The Kier molecular flexibility index (Phi) is 2.66. The van der Waals surface area contributed by atoms with Gasteiger partial charge in [-0.1, -0.05) is 0 Å². The Balaban J connectivity index is 3.63. The molecule has 0 aromatic heterocycles. The van der Waals surface area contributed by atoms with Crippen LogP contribution in [-0.4, -0.2) is 28.2 Å². The second kappa shape index (κ2) is 3.03. The Morgan fingerprint density at radius 2 is 2.00 bits per heavy atom. The van der Waals surface area contributed by atoms with Gasteiger partial charge < -0.3 is 10.2 Å². The van der Waals surface area contributed by atoms with E-state index in [1.807, 2.05) is 0 Å². The second-order valence-electron chi connectivity index (χ2n) is 1.48. The normalized spacial score (nSPS) is 12.6. The lowest BCUT2D eigenvalue weighted by Crippen LogP contribution is -2.23. The molecule has 0 fully saturated rings. The summed E-state index contributed by atoms with van der Waals surface area (Å²) in [7, 11) is 0. The van der Waals surface area contributed by atoms with Gasteiger partial charge in [0, 0.05) is 0 Å². The van der Waals surface area contributed by atoms with Crippen molar-refractivity contribution in [2.45, 2.75) is 12.5 Å². The van der Waals surface area contributed by atoms with Crippen molar-refractivity contribution < 1.29 is 19.8 Å². The summed E-state index contributed by atoms with van der Waals surface area (Å²) in [6.45, 7) is 0. The van der Waals surface area contributed by atoms with Crippen LogP contribution in [0.25, 0.3) is 0 Å². The van der Waals surface area contributed by atoms with Crippen LogP contribution in [0.5, 0.6) is 0 Å². The first-order chi connectivity index (χ1) is 4.04. The molecule has 3 N–H and O–H groups in total. The number of amides is 1. The minimum absolute atomic E-state index is 0.644. The number of carboxylic acid groups (broad SMARTS) is 1. The average molecular weight is 132 g/mol. The van der Waals surface area contributed by atoms with Crippen LogP contribution in [0.3, 0.4) is 0 Å². The number of carbonyl (C=O) groups excluding carboxylic acids is 1. The highest BCUT2D eigenvalue weighted by atomic mass is 16.4. The third kappa shape index (κ3) is 3.48. The average Bonchev–Trinajstić information content (AvgIpc) is 1.63. The largest absolute Gasteiger partial charge is 0.479 e. The molecule has 0 saturated heterocycles. The minimum Gasteiger partial charge on any atom is -0.479 e. The monoisotopic (exact) mass is 132 g/mol. The van der Waals surface area contributed by atoms with Crippen molar-refractivity contribution in [2.75, 3.05) is 0 Å². The quantitative estimate of drug-likeness (QED) is 0.495. The predicted octanol–water partition coefficient (Wildman–Crippen LogP) is -1.37. The van der Waals surface area contributed by atoms with Crippen molar-refractivity contribution in [2.24, 2.45) is 0 Å². The molecule has 1 atom stereocenters. The molecule has 1 amide bonds. The molecule has 5 nitrogen and oxygen atoms in total. The number of aliphatic carboxylic acids is 1. The minimum atomic E-state index is -1.73. The highest BCUT2D eigenvalue weighted by molar-refractivity contribution is 5.81. The molecule has 0 spiro atoms. The Hall–Kier alpha value is -1.10. The first-order valence-electron chi connectivity index (χ1n) is 2.19. The molecular weight excluding hydrogens is 126 g/mol. The van der Waals surface area contributed by atoms with E-state index in [2.05, 4.69) is 0 Å². The molecule has 9 heavy (non-hydrogen) atoms. The van der Waals surface area contributed by atoms with Gasteiger partial charge in [0.1, 0.15) is 0 Å². The van der Waals surface area contributed by atoms with Gasteiger partial charge in [-0.15, -0.1) is 0 Å². The van der Waals surface area contributed by atoms with Gasteiger partial charge in [-0.25, -0.2) is 4.79 Å². The van der Waals surface area contributed by atoms with E-state index in [4.69, 9.17) is 15.9 Å². The number of hydrogen-bond donors (Lipinski definition) is 2. The van der Waals surface area contributed by atoms with Crippen LogP contribution in [0.1, 0.15) is 6.42 Å². The van der Waals surface area contributed by atoms with Gasteiger partial charge in [-0.05, 0) is 0 Å². The van der Waals surface area contributed by atoms with Crippen LogP contribution in [-0.2, 0) is 9.59 Å². The van der Waals surface area contributed by atoms with E-state index in [1.165, 1.54) is 0 Å². The molecule has 0 saturated carbocycles. The zero-order valence-electron chi connectivity index (χ0n) is 4.50. The van der Waals surface area contributed by atoms with Crippen molar-refractivity contribution in [3.8, 4) is 0 Å². The predicted molar refractivity (Wildman–Crippen MR) is 26.4 cm³/mol. The van der Waals surface area contributed by atoms with E-state index in [9.17, 15) is 9.59 Å². The van der Waals surface area contributed by atoms with E-state index < -0.39 is 24.4 Å². The van der Waals surface area contributed by atoms with E-state index in [1.54, 1.807) is 0 Å². The number of aliphatic hydroxyl groups is 1. The molecule has 0 aliphatic rings. The van der Waals surface area contributed by atoms with E-state index in [0.29, 0.717) is 0 Å². The van der Waals surface area contributed by atoms with Crippen molar-refractivity contribution in [1.82, 2.24) is 5.73 Å². The van der Waals surface area contributed by atoms with Gasteiger partial charge in [-0.3, -0.25) is 10.5 Å². The summed E-state index contributed by atoms with van der Waals surface area (Å²) in [5.74, 6) is -2.56. The van der Waals surface area contributed by atoms with Crippen LogP contribution in [0, 0.1) is 0 Å². The Bertz CT molecular complexity index is 133. The zero-order chi connectivity index (χ0) is 7.44. The van der Waals surface area contributed by atoms with Crippen LogP contribution >= 0.6 is 0 Å². The maximum absolute atomic E-state index is 9.80. The third-order valence-electron chi connectivity index (χ3n) is 0.664. The number of carboxylic acids is 1. The van der Waals surface area contributed by atoms with Gasteiger partial charge in [0.05, 0.1) is 6.42 Å². The Morgan fingerprint density at radius 3 is 2.11 bits per heavy atom. The Labute approximate surface area is 51.1 Å². The first kappa shape index (κ1) is 7.90. The molecular formula is C4H6NO4. The summed E-state index contributed by atoms with van der Waals surface area (Å²) in [6, 6.07) is 0. The molecule has 0 aromatic carbocycles. The molecule has 0 aliphatic carbocycles. The van der Waals surface area contributed by atoms with Gasteiger partial charge in [-0.2, -0.15) is 0 Å². The molecule has 0 bridgehead atoms. The van der Waals surface area contributed by atoms with Gasteiger partial charge in [0.25, 0.3) is 0 Å². The van der Waals surface area contributed by atoms with Crippen molar-refractivity contribution in [1.29, 1.82) is 0 Å². The standard InChI is InChI=1S/C4H6NO4/c5-3(7)1-2(6)4(8)9/h2,5-6H,1H2,(H,8,9). The summed E-state index contributed by atoms with van der Waals surface area (Å²) in [5.41, 5.74) is 6.24. The van der Waals surface area contributed by atoms with Gasteiger partial charge in [0.15, 0.2) is 6.10 Å². The van der Waals surface area contributed by atoms with Crippen molar-refractivity contribution in [3.63, 3.8) is 0 Å². The fraction of sp³-hybridized carbons (Fsp3) is 0.500. The summed E-state index contributed by atoms with van der Waals surface area (Å²) in [4.78, 5) is 19.6. The molecule has 1 unspecified atom stereocenters. The molecule has 0 aromatic rings. The number of aliphatic hydroxyl groups excluding tert-OH is 1. The lowest BCUT2D eigenvalue weighted by molar-refractivity contribution is -0.148. The summed E-state index contributed by atoms with van der Waals surface area (Å²) >= 11 is 0. The van der Waals surface area contributed by atoms with Crippen molar-refractivity contribution in [3.05, 3.63) is 0 Å². The fourth-order valence-corrected chi connectivity index (χ4v) is 0.263. The fourth-order valence-electron chi connectivity index (χ4n) is 0.263. The molecule has 0 aliphatic heterocycles. The zero-order valence-corrected chi connectivity index (χ0v) is 4.50. The van der Waals surface area contributed by atoms with E-state index in [0.717, 1.165) is 0 Å². The summed E-state index contributed by atoms with van der Waals surface area (Å²) in [5, 5.41) is 16.3. The maximum atomic E-state index is 9.80. The summed E-state index contributed by atoms with van der Waals surface area (Å²) < 4.78 is 0. The highest BCUT2D eigenvalue weighted by Gasteiger charge is 2.15.